The number of aryl methyl sites for hydroxylation is 1. The second-order valence-corrected chi connectivity index (χ2v) is 5.43. The SMILES string of the molecule is CCc1ccc(N(C)c2c(Cl)cccc2CBr)cc1. The molecule has 0 saturated carbocycles. The predicted octanol–water partition coefficient (Wildman–Crippen LogP) is 5.57. The molecule has 2 aromatic rings. The molecule has 0 atom stereocenters. The van der Waals surface area contributed by atoms with Crippen LogP contribution in [0.2, 0.25) is 5.02 Å². The van der Waals surface area contributed by atoms with E-state index in [0.29, 0.717) is 0 Å². The molecule has 0 aliphatic heterocycles. The van der Waals surface area contributed by atoms with Crippen molar-refractivity contribution in [3.05, 3.63) is 58.6 Å². The number of halogens is 2. The zero-order chi connectivity index (χ0) is 13.8. The van der Waals surface area contributed by atoms with Crippen LogP contribution in [0.1, 0.15) is 18.1 Å². The summed E-state index contributed by atoms with van der Waals surface area (Å²) in [7, 11) is 2.05. The van der Waals surface area contributed by atoms with E-state index in [2.05, 4.69) is 58.1 Å². The van der Waals surface area contributed by atoms with Gasteiger partial charge in [0.25, 0.3) is 0 Å². The summed E-state index contributed by atoms with van der Waals surface area (Å²) in [6.45, 7) is 2.16. The molecule has 3 heteroatoms. The first-order valence-electron chi connectivity index (χ1n) is 6.33. The van der Waals surface area contributed by atoms with Gasteiger partial charge in [0, 0.05) is 18.1 Å². The molecule has 0 fully saturated rings. The highest BCUT2D eigenvalue weighted by Gasteiger charge is 2.12. The standard InChI is InChI=1S/C16H17BrClN/c1-3-12-7-9-14(10-8-12)19(2)16-13(11-17)5-4-6-15(16)18/h4-10H,3,11H2,1-2H3. The van der Waals surface area contributed by atoms with Crippen molar-refractivity contribution in [1.82, 2.24) is 0 Å². The van der Waals surface area contributed by atoms with E-state index in [1.54, 1.807) is 0 Å². The second-order valence-electron chi connectivity index (χ2n) is 4.46. The van der Waals surface area contributed by atoms with Gasteiger partial charge in [-0.25, -0.2) is 0 Å². The van der Waals surface area contributed by atoms with E-state index in [1.165, 1.54) is 11.1 Å². The van der Waals surface area contributed by atoms with Gasteiger partial charge >= 0.3 is 0 Å². The molecule has 19 heavy (non-hydrogen) atoms. The number of rotatable bonds is 4. The molecule has 0 aliphatic rings. The Balaban J connectivity index is 2.40. The molecule has 0 radical (unpaired) electrons. The first kappa shape index (κ1) is 14.4. The summed E-state index contributed by atoms with van der Waals surface area (Å²) >= 11 is 9.87. The average molecular weight is 339 g/mol. The average Bonchev–Trinajstić information content (AvgIpc) is 2.46. The van der Waals surface area contributed by atoms with E-state index in [-0.39, 0.29) is 0 Å². The zero-order valence-electron chi connectivity index (χ0n) is 11.2. The van der Waals surface area contributed by atoms with Crippen LogP contribution in [-0.2, 0) is 11.8 Å². The van der Waals surface area contributed by atoms with Gasteiger partial charge in [-0.1, -0.05) is 58.7 Å². The third-order valence-corrected chi connectivity index (χ3v) is 4.19. The number of para-hydroxylation sites is 1. The topological polar surface area (TPSA) is 3.24 Å². The lowest BCUT2D eigenvalue weighted by Crippen LogP contribution is -2.12. The number of benzene rings is 2. The number of nitrogens with zero attached hydrogens (tertiary/aromatic N) is 1. The summed E-state index contributed by atoms with van der Waals surface area (Å²) < 4.78 is 0. The minimum atomic E-state index is 0.777. The van der Waals surface area contributed by atoms with Gasteiger partial charge in [0.2, 0.25) is 0 Å². The number of alkyl halides is 1. The van der Waals surface area contributed by atoms with Crippen molar-refractivity contribution >= 4 is 38.9 Å². The van der Waals surface area contributed by atoms with Gasteiger partial charge < -0.3 is 4.90 Å². The summed E-state index contributed by atoms with van der Waals surface area (Å²) in [4.78, 5) is 2.14. The quantitative estimate of drug-likeness (QED) is 0.659. The maximum atomic E-state index is 6.35. The maximum Gasteiger partial charge on any atom is 0.0646 e. The van der Waals surface area contributed by atoms with Crippen LogP contribution in [0, 0.1) is 0 Å². The van der Waals surface area contributed by atoms with E-state index in [9.17, 15) is 0 Å². The molecule has 0 saturated heterocycles. The third-order valence-electron chi connectivity index (χ3n) is 3.28. The van der Waals surface area contributed by atoms with E-state index < -0.39 is 0 Å². The lowest BCUT2D eigenvalue weighted by atomic mass is 10.1. The second kappa shape index (κ2) is 6.44. The van der Waals surface area contributed by atoms with Gasteiger partial charge in [-0.3, -0.25) is 0 Å². The summed E-state index contributed by atoms with van der Waals surface area (Å²) in [5.41, 5.74) is 4.74. The Kier molecular flexibility index (Phi) is 4.89. The highest BCUT2D eigenvalue weighted by Crippen LogP contribution is 2.35. The molecule has 1 nitrogen and oxygen atoms in total. The minimum absolute atomic E-state index is 0.777. The monoisotopic (exact) mass is 337 g/mol. The van der Waals surface area contributed by atoms with E-state index in [0.717, 1.165) is 28.1 Å². The largest absolute Gasteiger partial charge is 0.343 e. The highest BCUT2D eigenvalue weighted by molar-refractivity contribution is 9.08. The van der Waals surface area contributed by atoms with Crippen molar-refractivity contribution in [1.29, 1.82) is 0 Å². The van der Waals surface area contributed by atoms with Gasteiger partial charge in [-0.2, -0.15) is 0 Å². The Morgan fingerprint density at radius 1 is 1.11 bits per heavy atom. The lowest BCUT2D eigenvalue weighted by Gasteiger charge is -2.23. The van der Waals surface area contributed by atoms with Crippen LogP contribution in [-0.4, -0.2) is 7.05 Å². The number of anilines is 2. The molecule has 0 aromatic heterocycles. The Morgan fingerprint density at radius 3 is 2.37 bits per heavy atom. The van der Waals surface area contributed by atoms with Gasteiger partial charge in [-0.05, 0) is 35.7 Å². The van der Waals surface area contributed by atoms with Crippen molar-refractivity contribution in [2.75, 3.05) is 11.9 Å². The Hall–Kier alpha value is -0.990. The summed E-state index contributed by atoms with van der Waals surface area (Å²) in [5.74, 6) is 0. The van der Waals surface area contributed by atoms with E-state index >= 15 is 0 Å². The lowest BCUT2D eigenvalue weighted by molar-refractivity contribution is 1.13. The molecule has 2 aromatic carbocycles. The molecule has 0 N–H and O–H groups in total. The molecule has 0 aliphatic carbocycles. The zero-order valence-corrected chi connectivity index (χ0v) is 13.5. The predicted molar refractivity (Wildman–Crippen MR) is 88.0 cm³/mol. The summed E-state index contributed by atoms with van der Waals surface area (Å²) in [5, 5.41) is 1.57. The molecule has 2 rings (SSSR count). The van der Waals surface area contributed by atoms with Crippen LogP contribution < -0.4 is 4.90 Å². The summed E-state index contributed by atoms with van der Waals surface area (Å²) in [6, 6.07) is 14.6. The molecule has 0 heterocycles. The van der Waals surface area contributed by atoms with Crippen molar-refractivity contribution in [3.63, 3.8) is 0 Å². The van der Waals surface area contributed by atoms with Crippen LogP contribution in [0.5, 0.6) is 0 Å². The van der Waals surface area contributed by atoms with Gasteiger partial charge in [-0.15, -0.1) is 0 Å². The molecule has 0 amide bonds. The Morgan fingerprint density at radius 2 is 1.79 bits per heavy atom. The highest BCUT2D eigenvalue weighted by atomic mass is 79.9. The van der Waals surface area contributed by atoms with E-state index in [1.807, 2.05) is 19.2 Å². The Bertz CT molecular complexity index is 551. The molecular formula is C16H17BrClN. The first-order chi connectivity index (χ1) is 9.17. The number of hydrogen-bond donors (Lipinski definition) is 0. The van der Waals surface area contributed by atoms with Gasteiger partial charge in [0.05, 0.1) is 10.7 Å². The fourth-order valence-electron chi connectivity index (χ4n) is 2.13. The smallest absolute Gasteiger partial charge is 0.0646 e. The van der Waals surface area contributed by atoms with Crippen LogP contribution in [0.4, 0.5) is 11.4 Å². The van der Waals surface area contributed by atoms with Crippen molar-refractivity contribution < 1.29 is 0 Å². The van der Waals surface area contributed by atoms with Crippen molar-refractivity contribution in [2.45, 2.75) is 18.7 Å². The maximum absolute atomic E-state index is 6.35. The van der Waals surface area contributed by atoms with Gasteiger partial charge in [0.15, 0.2) is 0 Å². The third kappa shape index (κ3) is 3.13. The molecule has 100 valence electrons. The first-order valence-corrected chi connectivity index (χ1v) is 7.83. The molecule has 0 bridgehead atoms. The molecule has 0 spiro atoms. The van der Waals surface area contributed by atoms with E-state index in [4.69, 9.17) is 11.6 Å². The minimum Gasteiger partial charge on any atom is -0.343 e. The summed E-state index contributed by atoms with van der Waals surface area (Å²) in [6.07, 6.45) is 1.06. The normalized spacial score (nSPS) is 10.5. The fraction of sp³-hybridized carbons (Fsp3) is 0.250. The molecular weight excluding hydrogens is 322 g/mol. The van der Waals surface area contributed by atoms with Crippen molar-refractivity contribution in [3.8, 4) is 0 Å². The van der Waals surface area contributed by atoms with Crippen LogP contribution in [0.3, 0.4) is 0 Å². The van der Waals surface area contributed by atoms with Crippen molar-refractivity contribution in [2.24, 2.45) is 0 Å². The van der Waals surface area contributed by atoms with Crippen LogP contribution >= 0.6 is 27.5 Å². The molecule has 0 unspecified atom stereocenters. The van der Waals surface area contributed by atoms with Gasteiger partial charge in [0.1, 0.15) is 0 Å². The van der Waals surface area contributed by atoms with Crippen LogP contribution in [0.15, 0.2) is 42.5 Å². The Labute approximate surface area is 128 Å². The number of hydrogen-bond acceptors (Lipinski definition) is 1. The van der Waals surface area contributed by atoms with Crippen LogP contribution in [0.25, 0.3) is 0 Å². The fourth-order valence-corrected chi connectivity index (χ4v) is 2.90.